The molecule has 1 aromatic carbocycles. The molecule has 7 nitrogen and oxygen atoms in total. The molecule has 9 heteroatoms. The van der Waals surface area contributed by atoms with Gasteiger partial charge in [-0.3, -0.25) is 9.69 Å². The second-order valence-electron chi connectivity index (χ2n) is 10.2. The molecule has 1 amide bonds. The molecule has 3 fully saturated rings. The molecule has 1 aromatic rings. The fraction of sp³-hybridized carbons (Fsp3) is 0.720. The summed E-state index contributed by atoms with van der Waals surface area (Å²) in [4.78, 5) is 15.6. The van der Waals surface area contributed by atoms with Crippen LogP contribution in [0.5, 0.6) is 5.75 Å². The average Bonchev–Trinajstić information content (AvgIpc) is 3.64. The standard InChI is InChI=1S/C25H38FN3O4S/c1-19-15-21(26)16-22(33-2)23(19)24(30)27-18-25(9-5-3-4-6-10-25)28-11-13-29(14-12-28)34(31,32)17-20-7-8-20/h15-16,20H,3-14,17-18H2,1-2H3,(H,27,30). The summed E-state index contributed by atoms with van der Waals surface area (Å²) in [6.45, 7) is 4.58. The first-order chi connectivity index (χ1) is 16.2. The van der Waals surface area contributed by atoms with Crippen LogP contribution in [-0.2, 0) is 10.0 Å². The van der Waals surface area contributed by atoms with Gasteiger partial charge in [-0.05, 0) is 50.2 Å². The van der Waals surface area contributed by atoms with Crippen molar-refractivity contribution >= 4 is 15.9 Å². The number of aryl methyl sites for hydroxylation is 1. The topological polar surface area (TPSA) is 79.0 Å². The summed E-state index contributed by atoms with van der Waals surface area (Å²) in [6, 6.07) is 2.59. The average molecular weight is 496 g/mol. The second-order valence-corrected chi connectivity index (χ2v) is 12.2. The van der Waals surface area contributed by atoms with Gasteiger partial charge in [-0.2, -0.15) is 4.31 Å². The number of piperazine rings is 1. The van der Waals surface area contributed by atoms with Crippen LogP contribution in [0.2, 0.25) is 0 Å². The maximum absolute atomic E-state index is 13.8. The van der Waals surface area contributed by atoms with Crippen LogP contribution in [0.3, 0.4) is 0 Å². The number of methoxy groups -OCH3 is 1. The fourth-order valence-electron chi connectivity index (χ4n) is 5.62. The molecule has 0 unspecified atom stereocenters. The van der Waals surface area contributed by atoms with Crippen molar-refractivity contribution in [2.75, 3.05) is 45.6 Å². The zero-order valence-corrected chi connectivity index (χ0v) is 21.3. The van der Waals surface area contributed by atoms with E-state index in [4.69, 9.17) is 4.74 Å². The lowest BCUT2D eigenvalue weighted by Gasteiger charge is -2.47. The van der Waals surface area contributed by atoms with Crippen molar-refractivity contribution in [3.63, 3.8) is 0 Å². The largest absolute Gasteiger partial charge is 0.496 e. The Hall–Kier alpha value is -1.71. The van der Waals surface area contributed by atoms with E-state index in [1.54, 1.807) is 11.2 Å². The molecule has 2 aliphatic carbocycles. The number of carbonyl (C=O) groups is 1. The van der Waals surface area contributed by atoms with Crippen LogP contribution >= 0.6 is 0 Å². The lowest BCUT2D eigenvalue weighted by atomic mass is 9.87. The van der Waals surface area contributed by atoms with Crippen molar-refractivity contribution in [2.45, 2.75) is 63.8 Å². The van der Waals surface area contributed by atoms with Gasteiger partial charge in [0.2, 0.25) is 10.0 Å². The number of carbonyl (C=O) groups excluding carboxylic acids is 1. The lowest BCUT2D eigenvalue weighted by molar-refractivity contribution is 0.0391. The minimum Gasteiger partial charge on any atom is -0.496 e. The van der Waals surface area contributed by atoms with Crippen LogP contribution in [0, 0.1) is 18.7 Å². The molecule has 0 aromatic heterocycles. The Morgan fingerprint density at radius 2 is 1.76 bits per heavy atom. The van der Waals surface area contributed by atoms with Gasteiger partial charge in [0, 0.05) is 44.3 Å². The summed E-state index contributed by atoms with van der Waals surface area (Å²) in [7, 11) is -1.75. The number of hydrogen-bond donors (Lipinski definition) is 1. The van der Waals surface area contributed by atoms with Crippen molar-refractivity contribution in [3.8, 4) is 5.75 Å². The number of nitrogens with one attached hydrogen (secondary N) is 1. The van der Waals surface area contributed by atoms with Crippen molar-refractivity contribution in [3.05, 3.63) is 29.1 Å². The summed E-state index contributed by atoms with van der Waals surface area (Å²) in [5, 5.41) is 3.13. The van der Waals surface area contributed by atoms with Crippen LogP contribution in [-0.4, -0.2) is 74.7 Å². The van der Waals surface area contributed by atoms with Crippen molar-refractivity contribution < 1.29 is 22.3 Å². The summed E-state index contributed by atoms with van der Waals surface area (Å²) in [5.41, 5.74) is 0.710. The number of ether oxygens (including phenoxy) is 1. The van der Waals surface area contributed by atoms with E-state index in [0.717, 1.165) is 38.5 Å². The van der Waals surface area contributed by atoms with Gasteiger partial charge in [0.05, 0.1) is 18.4 Å². The number of halogens is 1. The smallest absolute Gasteiger partial charge is 0.255 e. The van der Waals surface area contributed by atoms with Gasteiger partial charge in [0.1, 0.15) is 11.6 Å². The maximum Gasteiger partial charge on any atom is 0.255 e. The molecular formula is C25H38FN3O4S. The molecule has 0 atom stereocenters. The Morgan fingerprint density at radius 1 is 1.12 bits per heavy atom. The van der Waals surface area contributed by atoms with E-state index in [2.05, 4.69) is 10.2 Å². The first-order valence-electron chi connectivity index (χ1n) is 12.6. The summed E-state index contributed by atoms with van der Waals surface area (Å²) < 4.78 is 46.3. The van der Waals surface area contributed by atoms with Crippen LogP contribution < -0.4 is 10.1 Å². The Kier molecular flexibility index (Phi) is 7.84. The minimum atomic E-state index is -3.19. The molecule has 4 rings (SSSR count). The molecule has 34 heavy (non-hydrogen) atoms. The third-order valence-electron chi connectivity index (χ3n) is 7.77. The molecule has 0 radical (unpaired) electrons. The number of sulfonamides is 1. The highest BCUT2D eigenvalue weighted by atomic mass is 32.2. The molecule has 0 bridgehead atoms. The second kappa shape index (κ2) is 10.5. The molecule has 1 heterocycles. The molecular weight excluding hydrogens is 457 g/mol. The summed E-state index contributed by atoms with van der Waals surface area (Å²) in [5.74, 6) is 0.176. The molecule has 2 saturated carbocycles. The van der Waals surface area contributed by atoms with Crippen LogP contribution in [0.4, 0.5) is 4.39 Å². The highest BCUT2D eigenvalue weighted by Crippen LogP contribution is 2.35. The predicted octanol–water partition coefficient (Wildman–Crippen LogP) is 3.32. The third-order valence-corrected chi connectivity index (χ3v) is 9.81. The van der Waals surface area contributed by atoms with E-state index >= 15 is 0 Å². The van der Waals surface area contributed by atoms with Crippen molar-refractivity contribution in [1.82, 2.24) is 14.5 Å². The molecule has 0 spiro atoms. The number of rotatable bonds is 8. The number of amides is 1. The molecule has 1 N–H and O–H groups in total. The van der Waals surface area contributed by atoms with Gasteiger partial charge in [0.25, 0.3) is 5.91 Å². The first-order valence-corrected chi connectivity index (χ1v) is 14.2. The van der Waals surface area contributed by atoms with E-state index in [1.165, 1.54) is 32.1 Å². The zero-order chi connectivity index (χ0) is 24.3. The number of nitrogens with zero attached hydrogens (tertiary/aromatic N) is 2. The Labute approximate surface area is 203 Å². The lowest BCUT2D eigenvalue weighted by Crippen LogP contribution is -2.61. The van der Waals surface area contributed by atoms with E-state index in [-0.39, 0.29) is 22.9 Å². The van der Waals surface area contributed by atoms with E-state index in [0.29, 0.717) is 49.8 Å². The predicted molar refractivity (Wildman–Crippen MR) is 130 cm³/mol. The zero-order valence-electron chi connectivity index (χ0n) is 20.4. The van der Waals surface area contributed by atoms with Gasteiger partial charge in [-0.1, -0.05) is 25.7 Å². The first kappa shape index (κ1) is 25.4. The van der Waals surface area contributed by atoms with Gasteiger partial charge < -0.3 is 10.1 Å². The fourth-order valence-corrected chi connectivity index (χ4v) is 7.48. The van der Waals surface area contributed by atoms with Crippen LogP contribution in [0.25, 0.3) is 0 Å². The van der Waals surface area contributed by atoms with E-state index < -0.39 is 15.8 Å². The molecule has 1 saturated heterocycles. The highest BCUT2D eigenvalue weighted by molar-refractivity contribution is 7.89. The van der Waals surface area contributed by atoms with Gasteiger partial charge in [-0.25, -0.2) is 12.8 Å². The van der Waals surface area contributed by atoms with Crippen molar-refractivity contribution in [2.24, 2.45) is 5.92 Å². The quantitative estimate of drug-likeness (QED) is 0.560. The molecule has 190 valence electrons. The SMILES string of the molecule is COc1cc(F)cc(C)c1C(=O)NCC1(N2CCN(S(=O)(=O)CC3CC3)CC2)CCCCCC1. The Bertz CT molecular complexity index is 980. The monoisotopic (exact) mass is 495 g/mol. The van der Waals surface area contributed by atoms with Gasteiger partial charge >= 0.3 is 0 Å². The molecule has 3 aliphatic rings. The minimum absolute atomic E-state index is 0.195. The summed E-state index contributed by atoms with van der Waals surface area (Å²) >= 11 is 0. The van der Waals surface area contributed by atoms with Crippen molar-refractivity contribution in [1.29, 1.82) is 0 Å². The Morgan fingerprint density at radius 3 is 2.35 bits per heavy atom. The maximum atomic E-state index is 13.8. The number of benzene rings is 1. The van der Waals surface area contributed by atoms with Crippen LogP contribution in [0.1, 0.15) is 67.3 Å². The van der Waals surface area contributed by atoms with E-state index in [1.807, 2.05) is 0 Å². The van der Waals surface area contributed by atoms with Gasteiger partial charge in [0.15, 0.2) is 0 Å². The van der Waals surface area contributed by atoms with Gasteiger partial charge in [-0.15, -0.1) is 0 Å². The summed E-state index contributed by atoms with van der Waals surface area (Å²) in [6.07, 6.45) is 8.54. The highest BCUT2D eigenvalue weighted by Gasteiger charge is 2.41. The third kappa shape index (κ3) is 5.74. The molecule has 1 aliphatic heterocycles. The van der Waals surface area contributed by atoms with E-state index in [9.17, 15) is 17.6 Å². The normalized spacial score (nSPS) is 22.2. The number of hydrogen-bond acceptors (Lipinski definition) is 5. The van der Waals surface area contributed by atoms with Crippen LogP contribution in [0.15, 0.2) is 12.1 Å². The Balaban J connectivity index is 1.46.